The predicted octanol–water partition coefficient (Wildman–Crippen LogP) is 3.62. The maximum Gasteiger partial charge on any atom is 0.143 e. The third kappa shape index (κ3) is 3.02. The van der Waals surface area contributed by atoms with Crippen LogP contribution in [0.4, 0.5) is 4.39 Å². The van der Waals surface area contributed by atoms with Crippen LogP contribution in [0, 0.1) is 17.7 Å². The number of benzene rings is 1. The van der Waals surface area contributed by atoms with Crippen molar-refractivity contribution in [2.45, 2.75) is 6.42 Å². The molecule has 0 fully saturated rings. The molecule has 0 aliphatic rings. The highest BCUT2D eigenvalue weighted by Gasteiger charge is 2.01. The van der Waals surface area contributed by atoms with Crippen molar-refractivity contribution in [3.05, 3.63) is 34.6 Å². The van der Waals surface area contributed by atoms with Gasteiger partial charge >= 0.3 is 0 Å². The summed E-state index contributed by atoms with van der Waals surface area (Å²) in [5.41, 5.74) is 0.544. The van der Waals surface area contributed by atoms with E-state index in [0.29, 0.717) is 5.56 Å². The third-order valence-corrected chi connectivity index (χ3v) is 2.17. The van der Waals surface area contributed by atoms with Gasteiger partial charge in [-0.15, -0.1) is 0 Å². The molecule has 0 spiro atoms. The van der Waals surface area contributed by atoms with Crippen molar-refractivity contribution >= 4 is 27.5 Å². The maximum atomic E-state index is 12.9. The Balaban J connectivity index is 2.91. The van der Waals surface area contributed by atoms with Crippen LogP contribution in [0.15, 0.2) is 18.2 Å². The molecule has 68 valence electrons. The predicted molar refractivity (Wildman–Crippen MR) is 56.7 cm³/mol. The average Bonchev–Trinajstić information content (AvgIpc) is 2.13. The van der Waals surface area contributed by atoms with Gasteiger partial charge in [0.05, 0.1) is 5.02 Å². The molecule has 0 heterocycles. The molecule has 1 aromatic rings. The summed E-state index contributed by atoms with van der Waals surface area (Å²) in [6.45, 7) is 0. The van der Waals surface area contributed by atoms with Crippen LogP contribution in [0.3, 0.4) is 0 Å². The molecule has 0 aliphatic heterocycles. The lowest BCUT2D eigenvalue weighted by atomic mass is 10.2. The molecule has 0 radical (unpaired) electrons. The summed E-state index contributed by atoms with van der Waals surface area (Å²) in [4.78, 5) is 0. The Bertz CT molecular complexity index is 352. The highest BCUT2D eigenvalue weighted by molar-refractivity contribution is 9.09. The van der Waals surface area contributed by atoms with Gasteiger partial charge in [-0.3, -0.25) is 0 Å². The summed E-state index contributed by atoms with van der Waals surface area (Å²) in [5, 5.41) is 0.914. The number of hydrogen-bond acceptors (Lipinski definition) is 0. The van der Waals surface area contributed by atoms with Crippen LogP contribution in [-0.4, -0.2) is 5.33 Å². The monoisotopic (exact) mass is 260 g/mol. The fourth-order valence-electron chi connectivity index (χ4n) is 0.805. The molecule has 1 rings (SSSR count). The molecule has 13 heavy (non-hydrogen) atoms. The van der Waals surface area contributed by atoms with Gasteiger partial charge < -0.3 is 0 Å². The van der Waals surface area contributed by atoms with E-state index in [9.17, 15) is 4.39 Å². The Morgan fingerprint density at radius 1 is 1.46 bits per heavy atom. The van der Waals surface area contributed by atoms with Gasteiger partial charge in [0.2, 0.25) is 0 Å². The number of hydrogen-bond donors (Lipinski definition) is 0. The molecule has 0 saturated carbocycles. The van der Waals surface area contributed by atoms with Gasteiger partial charge in [-0.05, 0) is 12.1 Å². The van der Waals surface area contributed by atoms with Crippen molar-refractivity contribution in [3.63, 3.8) is 0 Å². The van der Waals surface area contributed by atoms with E-state index in [1.54, 1.807) is 12.1 Å². The van der Waals surface area contributed by atoms with E-state index in [1.807, 2.05) is 0 Å². The minimum absolute atomic E-state index is 0.101. The zero-order chi connectivity index (χ0) is 9.68. The summed E-state index contributed by atoms with van der Waals surface area (Å²) >= 11 is 8.93. The third-order valence-electron chi connectivity index (χ3n) is 1.39. The molecule has 0 aromatic heterocycles. The molecule has 3 heteroatoms. The Morgan fingerprint density at radius 2 is 2.23 bits per heavy atom. The molecule has 0 unspecified atom stereocenters. The van der Waals surface area contributed by atoms with E-state index >= 15 is 0 Å². The lowest BCUT2D eigenvalue weighted by Crippen LogP contribution is -1.81. The molecule has 0 bridgehead atoms. The van der Waals surface area contributed by atoms with E-state index in [4.69, 9.17) is 11.6 Å². The molecule has 0 nitrogen and oxygen atoms in total. The fraction of sp³-hybridized carbons (Fsp3) is 0.200. The van der Waals surface area contributed by atoms with Crippen LogP contribution in [0.5, 0.6) is 0 Å². The summed E-state index contributed by atoms with van der Waals surface area (Å²) < 4.78 is 12.9. The lowest BCUT2D eigenvalue weighted by Gasteiger charge is -1.95. The first kappa shape index (κ1) is 10.6. The number of alkyl halides is 1. The molecule has 0 amide bonds. The quantitative estimate of drug-likeness (QED) is 0.535. The van der Waals surface area contributed by atoms with E-state index in [2.05, 4.69) is 27.8 Å². The Morgan fingerprint density at radius 3 is 2.92 bits per heavy atom. The van der Waals surface area contributed by atoms with Gasteiger partial charge in [0.1, 0.15) is 5.82 Å². The summed E-state index contributed by atoms with van der Waals surface area (Å²) in [5.74, 6) is 5.25. The van der Waals surface area contributed by atoms with Crippen molar-refractivity contribution in [1.82, 2.24) is 0 Å². The number of rotatable bonds is 1. The zero-order valence-corrected chi connectivity index (χ0v) is 9.12. The van der Waals surface area contributed by atoms with Gasteiger partial charge in [-0.2, -0.15) is 0 Å². The molecule has 0 aliphatic carbocycles. The minimum Gasteiger partial charge on any atom is -0.205 e. The average molecular weight is 262 g/mol. The minimum atomic E-state index is -0.424. The largest absolute Gasteiger partial charge is 0.205 e. The van der Waals surface area contributed by atoms with Gasteiger partial charge in [0.25, 0.3) is 0 Å². The van der Waals surface area contributed by atoms with E-state index in [1.165, 1.54) is 6.07 Å². The van der Waals surface area contributed by atoms with Gasteiger partial charge in [0, 0.05) is 17.3 Å². The summed E-state index contributed by atoms with van der Waals surface area (Å²) in [7, 11) is 0. The first-order chi connectivity index (χ1) is 6.25. The first-order valence-corrected chi connectivity index (χ1v) is 5.24. The SMILES string of the molecule is Fc1cccc(C#CCCBr)c1Cl. The second-order valence-corrected chi connectivity index (χ2v) is 3.51. The molecule has 0 atom stereocenters. The van der Waals surface area contributed by atoms with Gasteiger partial charge in [-0.25, -0.2) is 4.39 Å². The van der Waals surface area contributed by atoms with E-state index < -0.39 is 5.82 Å². The van der Waals surface area contributed by atoms with Crippen molar-refractivity contribution in [2.24, 2.45) is 0 Å². The standard InChI is InChI=1S/C10H7BrClF/c11-7-2-1-4-8-5-3-6-9(13)10(8)12/h3,5-6H,2,7H2. The smallest absolute Gasteiger partial charge is 0.143 e. The van der Waals surface area contributed by atoms with Crippen LogP contribution in [0.2, 0.25) is 5.02 Å². The number of halogens is 3. The summed E-state index contributed by atoms with van der Waals surface area (Å²) in [6, 6.07) is 4.62. The molecular formula is C10H7BrClF. The zero-order valence-electron chi connectivity index (χ0n) is 6.78. The van der Waals surface area contributed by atoms with Crippen LogP contribution in [0.25, 0.3) is 0 Å². The van der Waals surface area contributed by atoms with Gasteiger partial charge in [-0.1, -0.05) is 45.4 Å². The molecule has 1 aromatic carbocycles. The second kappa shape index (κ2) is 5.26. The van der Waals surface area contributed by atoms with Crippen LogP contribution < -0.4 is 0 Å². The van der Waals surface area contributed by atoms with E-state index in [-0.39, 0.29) is 5.02 Å². The molecular weight excluding hydrogens is 254 g/mol. The fourth-order valence-corrected chi connectivity index (χ4v) is 1.18. The normalized spacial score (nSPS) is 9.15. The van der Waals surface area contributed by atoms with Crippen molar-refractivity contribution in [3.8, 4) is 11.8 Å². The molecule has 0 N–H and O–H groups in total. The molecule has 0 saturated heterocycles. The highest BCUT2D eigenvalue weighted by Crippen LogP contribution is 2.18. The van der Waals surface area contributed by atoms with Gasteiger partial charge in [0.15, 0.2) is 0 Å². The van der Waals surface area contributed by atoms with Crippen molar-refractivity contribution < 1.29 is 4.39 Å². The lowest BCUT2D eigenvalue weighted by molar-refractivity contribution is 0.628. The van der Waals surface area contributed by atoms with Crippen LogP contribution >= 0.6 is 27.5 Å². The van der Waals surface area contributed by atoms with Crippen LogP contribution in [-0.2, 0) is 0 Å². The first-order valence-electron chi connectivity index (χ1n) is 3.74. The highest BCUT2D eigenvalue weighted by atomic mass is 79.9. The van der Waals surface area contributed by atoms with Crippen LogP contribution in [0.1, 0.15) is 12.0 Å². The van der Waals surface area contributed by atoms with Crippen molar-refractivity contribution in [1.29, 1.82) is 0 Å². The second-order valence-electron chi connectivity index (χ2n) is 2.34. The Hall–Kier alpha value is -0.520. The van der Waals surface area contributed by atoms with E-state index in [0.717, 1.165) is 11.8 Å². The Kier molecular flexibility index (Phi) is 4.27. The Labute approximate surface area is 90.2 Å². The summed E-state index contributed by atoms with van der Waals surface area (Å²) in [6.07, 6.45) is 0.729. The maximum absolute atomic E-state index is 12.9. The topological polar surface area (TPSA) is 0 Å². The van der Waals surface area contributed by atoms with Crippen molar-refractivity contribution in [2.75, 3.05) is 5.33 Å².